The number of hydrogen-bond donors (Lipinski definition) is 1. The van der Waals surface area contributed by atoms with E-state index in [1.807, 2.05) is 0 Å². The molecule has 1 heterocycles. The summed E-state index contributed by atoms with van der Waals surface area (Å²) >= 11 is 3.15. The Morgan fingerprint density at radius 1 is 1.29 bits per heavy atom. The Labute approximate surface area is 105 Å². The Morgan fingerprint density at radius 3 is 2.82 bits per heavy atom. The first-order chi connectivity index (χ1) is 8.08. The van der Waals surface area contributed by atoms with Crippen LogP contribution in [0.2, 0.25) is 0 Å². The van der Waals surface area contributed by atoms with Gasteiger partial charge in [-0.3, -0.25) is 0 Å². The number of nitrogens with two attached hydrogens (primary N) is 1. The molecule has 17 heavy (non-hydrogen) atoms. The van der Waals surface area contributed by atoms with Crippen molar-refractivity contribution in [1.82, 2.24) is 9.97 Å². The normalized spacial score (nSPS) is 10.5. The number of hydrogen-bond acceptors (Lipinski definition) is 3. The minimum atomic E-state index is -0.885. The van der Waals surface area contributed by atoms with Gasteiger partial charge >= 0.3 is 0 Å². The van der Waals surface area contributed by atoms with Crippen molar-refractivity contribution in [3.63, 3.8) is 0 Å². The van der Waals surface area contributed by atoms with Crippen LogP contribution in [0.15, 0.2) is 29.0 Å². The van der Waals surface area contributed by atoms with Gasteiger partial charge in [0.2, 0.25) is 0 Å². The Morgan fingerprint density at radius 2 is 2.06 bits per heavy atom. The minimum absolute atomic E-state index is 0.0991. The van der Waals surface area contributed by atoms with Crippen LogP contribution in [-0.2, 0) is 6.42 Å². The Balaban J connectivity index is 2.38. The van der Waals surface area contributed by atoms with Gasteiger partial charge in [0.25, 0.3) is 0 Å². The second kappa shape index (κ2) is 4.75. The number of nitrogen functional groups attached to an aromatic ring is 1. The number of anilines is 1. The molecule has 2 N–H and O–H groups in total. The van der Waals surface area contributed by atoms with Crippen molar-refractivity contribution < 1.29 is 8.78 Å². The fourth-order valence-corrected chi connectivity index (χ4v) is 1.72. The number of nitrogens with zero attached hydrogens (tertiary/aromatic N) is 2. The van der Waals surface area contributed by atoms with Gasteiger partial charge < -0.3 is 5.73 Å². The summed E-state index contributed by atoms with van der Waals surface area (Å²) in [4.78, 5) is 7.96. The molecule has 0 saturated heterocycles. The van der Waals surface area contributed by atoms with Gasteiger partial charge in [-0.2, -0.15) is 0 Å². The molecular weight excluding hydrogens is 292 g/mol. The van der Waals surface area contributed by atoms with Crippen LogP contribution in [0.1, 0.15) is 11.3 Å². The maximum atomic E-state index is 13.4. The first kappa shape index (κ1) is 11.9. The maximum Gasteiger partial charge on any atom is 0.162 e. The highest BCUT2D eigenvalue weighted by atomic mass is 79.9. The summed E-state index contributed by atoms with van der Waals surface area (Å²) in [6.45, 7) is 0. The van der Waals surface area contributed by atoms with Crippen molar-refractivity contribution in [3.8, 4) is 0 Å². The van der Waals surface area contributed by atoms with Gasteiger partial charge in [-0.1, -0.05) is 12.1 Å². The van der Waals surface area contributed by atoms with Crippen LogP contribution in [0.25, 0.3) is 0 Å². The van der Waals surface area contributed by atoms with Crippen LogP contribution in [0.3, 0.4) is 0 Å². The fraction of sp³-hybridized carbons (Fsp3) is 0.0909. The molecule has 6 heteroatoms. The molecule has 1 aromatic carbocycles. The van der Waals surface area contributed by atoms with Crippen LogP contribution in [0.4, 0.5) is 14.6 Å². The van der Waals surface area contributed by atoms with Crippen molar-refractivity contribution in [2.24, 2.45) is 0 Å². The lowest BCUT2D eigenvalue weighted by molar-refractivity contribution is 0.500. The van der Waals surface area contributed by atoms with E-state index in [4.69, 9.17) is 5.73 Å². The van der Waals surface area contributed by atoms with Crippen molar-refractivity contribution in [3.05, 3.63) is 51.9 Å². The Kier molecular flexibility index (Phi) is 3.33. The number of benzene rings is 1. The fourth-order valence-electron chi connectivity index (χ4n) is 1.41. The molecule has 0 spiro atoms. The lowest BCUT2D eigenvalue weighted by atomic mass is 10.1. The topological polar surface area (TPSA) is 51.8 Å². The third-order valence-electron chi connectivity index (χ3n) is 2.24. The lowest BCUT2D eigenvalue weighted by Gasteiger charge is -2.06. The quantitative estimate of drug-likeness (QED) is 0.927. The van der Waals surface area contributed by atoms with Gasteiger partial charge in [0, 0.05) is 6.42 Å². The molecule has 0 aliphatic heterocycles. The van der Waals surface area contributed by atoms with Crippen LogP contribution in [0.5, 0.6) is 0 Å². The summed E-state index contributed by atoms with van der Waals surface area (Å²) in [6.07, 6.45) is 1.54. The minimum Gasteiger partial charge on any atom is -0.382 e. The van der Waals surface area contributed by atoms with Crippen LogP contribution in [0, 0.1) is 11.6 Å². The van der Waals surface area contributed by atoms with Gasteiger partial charge in [-0.15, -0.1) is 0 Å². The van der Waals surface area contributed by atoms with E-state index >= 15 is 0 Å². The molecule has 0 radical (unpaired) electrons. The van der Waals surface area contributed by atoms with E-state index in [9.17, 15) is 8.78 Å². The SMILES string of the molecule is Nc1ncc(Br)nc1Cc1cccc(F)c1F. The summed E-state index contributed by atoms with van der Waals surface area (Å²) in [5.74, 6) is -1.56. The van der Waals surface area contributed by atoms with E-state index in [2.05, 4.69) is 25.9 Å². The molecule has 0 saturated carbocycles. The second-order valence-electron chi connectivity index (χ2n) is 3.41. The molecule has 1 aromatic heterocycles. The molecule has 88 valence electrons. The zero-order chi connectivity index (χ0) is 12.4. The predicted octanol–water partition coefficient (Wildman–Crippen LogP) is 2.69. The van der Waals surface area contributed by atoms with Gasteiger partial charge in [-0.25, -0.2) is 18.7 Å². The first-order valence-electron chi connectivity index (χ1n) is 4.77. The highest BCUT2D eigenvalue weighted by molar-refractivity contribution is 9.10. The smallest absolute Gasteiger partial charge is 0.162 e. The molecule has 0 aliphatic carbocycles. The van der Waals surface area contributed by atoms with Gasteiger partial charge in [-0.05, 0) is 27.6 Å². The summed E-state index contributed by atoms with van der Waals surface area (Å²) in [5.41, 5.74) is 6.22. The van der Waals surface area contributed by atoms with E-state index in [1.165, 1.54) is 18.3 Å². The highest BCUT2D eigenvalue weighted by Gasteiger charge is 2.11. The summed E-state index contributed by atoms with van der Waals surface area (Å²) in [6, 6.07) is 3.99. The van der Waals surface area contributed by atoms with E-state index in [1.54, 1.807) is 0 Å². The van der Waals surface area contributed by atoms with Gasteiger partial charge in [0.1, 0.15) is 10.4 Å². The average molecular weight is 300 g/mol. The molecule has 2 aromatic rings. The Hall–Kier alpha value is -1.56. The Bertz CT molecular complexity index is 560. The monoisotopic (exact) mass is 299 g/mol. The molecule has 0 unspecified atom stereocenters. The average Bonchev–Trinajstić information content (AvgIpc) is 2.30. The predicted molar refractivity (Wildman–Crippen MR) is 63.3 cm³/mol. The lowest BCUT2D eigenvalue weighted by Crippen LogP contribution is -2.04. The van der Waals surface area contributed by atoms with Crippen LogP contribution < -0.4 is 5.73 Å². The number of aromatic nitrogens is 2. The summed E-state index contributed by atoms with van der Waals surface area (Å²) in [7, 11) is 0. The summed E-state index contributed by atoms with van der Waals surface area (Å²) in [5, 5.41) is 0. The first-order valence-corrected chi connectivity index (χ1v) is 5.57. The summed E-state index contributed by atoms with van der Waals surface area (Å²) < 4.78 is 27.0. The maximum absolute atomic E-state index is 13.4. The van der Waals surface area contributed by atoms with Crippen LogP contribution in [-0.4, -0.2) is 9.97 Å². The molecule has 0 aliphatic rings. The van der Waals surface area contributed by atoms with Crippen molar-refractivity contribution in [1.29, 1.82) is 0 Å². The number of rotatable bonds is 2. The molecule has 3 nitrogen and oxygen atoms in total. The number of halogens is 3. The van der Waals surface area contributed by atoms with E-state index in [0.717, 1.165) is 6.07 Å². The molecule has 0 amide bonds. The van der Waals surface area contributed by atoms with E-state index in [-0.39, 0.29) is 17.8 Å². The third kappa shape index (κ3) is 2.58. The van der Waals surface area contributed by atoms with Crippen molar-refractivity contribution in [2.45, 2.75) is 6.42 Å². The molecule has 0 atom stereocenters. The molecule has 2 rings (SSSR count). The third-order valence-corrected chi connectivity index (χ3v) is 2.62. The largest absolute Gasteiger partial charge is 0.382 e. The van der Waals surface area contributed by atoms with Crippen LogP contribution >= 0.6 is 15.9 Å². The van der Waals surface area contributed by atoms with E-state index in [0.29, 0.717) is 10.3 Å². The molecule has 0 bridgehead atoms. The second-order valence-corrected chi connectivity index (χ2v) is 4.23. The highest BCUT2D eigenvalue weighted by Crippen LogP contribution is 2.18. The standard InChI is InChI=1S/C11H8BrF2N3/c12-9-5-16-11(15)8(17-9)4-6-2-1-3-7(13)10(6)14/h1-3,5H,4H2,(H2,15,16). The molecular formula is C11H8BrF2N3. The zero-order valence-electron chi connectivity index (χ0n) is 8.62. The zero-order valence-corrected chi connectivity index (χ0v) is 10.2. The molecule has 0 fully saturated rings. The van der Waals surface area contributed by atoms with Crippen molar-refractivity contribution in [2.75, 3.05) is 5.73 Å². The van der Waals surface area contributed by atoms with Crippen molar-refractivity contribution >= 4 is 21.7 Å². The van der Waals surface area contributed by atoms with E-state index < -0.39 is 11.6 Å². The van der Waals surface area contributed by atoms with Gasteiger partial charge in [0.15, 0.2) is 11.6 Å². The van der Waals surface area contributed by atoms with Gasteiger partial charge in [0.05, 0.1) is 11.9 Å².